The third-order valence-corrected chi connectivity index (χ3v) is 6.39. The molecule has 2 aromatic rings. The highest BCUT2D eigenvalue weighted by Crippen LogP contribution is 2.48. The monoisotopic (exact) mass is 531 g/mol. The van der Waals surface area contributed by atoms with Gasteiger partial charge in [-0.3, -0.25) is 18.4 Å². The molecule has 0 aromatic carbocycles. The molecule has 202 valence electrons. The van der Waals surface area contributed by atoms with Gasteiger partial charge in [-0.25, -0.2) is 19.7 Å². The Balaban J connectivity index is 1.98. The van der Waals surface area contributed by atoms with Crippen molar-refractivity contribution < 1.29 is 42.1 Å². The van der Waals surface area contributed by atoms with Crippen molar-refractivity contribution in [1.82, 2.24) is 19.5 Å². The van der Waals surface area contributed by atoms with Gasteiger partial charge < -0.3 is 29.2 Å². The summed E-state index contributed by atoms with van der Waals surface area (Å²) in [5, 5.41) is 0. The average Bonchev–Trinajstić information content (AvgIpc) is 3.22. The van der Waals surface area contributed by atoms with Gasteiger partial charge in [-0.1, -0.05) is 13.8 Å². The molecule has 0 aliphatic heterocycles. The molecular weight excluding hydrogens is 497 g/mol. The van der Waals surface area contributed by atoms with E-state index in [1.54, 1.807) is 25.3 Å². The van der Waals surface area contributed by atoms with E-state index in [-0.39, 0.29) is 18.3 Å². The molecule has 2 N–H and O–H groups in total. The van der Waals surface area contributed by atoms with Crippen LogP contribution >= 0.6 is 7.60 Å². The largest absolute Gasteiger partial charge is 0.510 e. The standard InChI is InChI=1S/C21H34N5O9P/c1-6-16(7-2)20(27)30-11-33-36(29,34-12-31-21(28)35-14(3)4)13-32-15(5)8-26-10-25-17-18(22)23-9-24-19(17)26/h9-10,14-16H,6-8,11-13H2,1-5H3,(H2,22,23,24)/t15-,36+/m1/s1. The number of hydrogen-bond acceptors (Lipinski definition) is 13. The number of ether oxygens (including phenoxy) is 4. The predicted molar refractivity (Wildman–Crippen MR) is 128 cm³/mol. The smallest absolute Gasteiger partial charge is 0.438 e. The number of fused-ring (bicyclic) bond motifs is 1. The number of hydrogen-bond donors (Lipinski definition) is 1. The molecule has 2 atom stereocenters. The third kappa shape index (κ3) is 9.01. The average molecular weight is 532 g/mol. The molecule has 15 heteroatoms. The summed E-state index contributed by atoms with van der Waals surface area (Å²) in [5.74, 6) is -0.537. The van der Waals surface area contributed by atoms with E-state index in [0.717, 1.165) is 0 Å². The van der Waals surface area contributed by atoms with Crippen LogP contribution in [0, 0.1) is 5.92 Å². The van der Waals surface area contributed by atoms with Gasteiger partial charge in [0.05, 0.1) is 31.0 Å². The van der Waals surface area contributed by atoms with Gasteiger partial charge in [-0.05, 0) is 33.6 Å². The van der Waals surface area contributed by atoms with Gasteiger partial charge in [0.2, 0.25) is 13.6 Å². The summed E-state index contributed by atoms with van der Waals surface area (Å²) in [6, 6.07) is 0. The summed E-state index contributed by atoms with van der Waals surface area (Å²) in [6.07, 6.45) is 1.62. The zero-order chi connectivity index (χ0) is 26.7. The van der Waals surface area contributed by atoms with Crippen molar-refractivity contribution >= 4 is 36.7 Å². The summed E-state index contributed by atoms with van der Waals surface area (Å²) in [6.45, 7) is 7.67. The lowest BCUT2D eigenvalue weighted by atomic mass is 10.0. The van der Waals surface area contributed by atoms with Crippen LogP contribution in [0.25, 0.3) is 11.2 Å². The highest BCUT2D eigenvalue weighted by Gasteiger charge is 2.29. The molecule has 2 aromatic heterocycles. The number of aromatic nitrogens is 4. The zero-order valence-corrected chi connectivity index (χ0v) is 22.0. The van der Waals surface area contributed by atoms with E-state index >= 15 is 0 Å². The Morgan fingerprint density at radius 1 is 1.06 bits per heavy atom. The zero-order valence-electron chi connectivity index (χ0n) is 21.1. The second-order valence-electron chi connectivity index (χ2n) is 8.08. The molecule has 0 radical (unpaired) electrons. The highest BCUT2D eigenvalue weighted by atomic mass is 31.2. The van der Waals surface area contributed by atoms with E-state index in [1.807, 2.05) is 13.8 Å². The first kappa shape index (κ1) is 29.4. The molecule has 0 aliphatic rings. The maximum atomic E-state index is 13.2. The van der Waals surface area contributed by atoms with Crippen molar-refractivity contribution in [2.24, 2.45) is 5.92 Å². The van der Waals surface area contributed by atoms with Crippen LogP contribution in [0.2, 0.25) is 0 Å². The summed E-state index contributed by atoms with van der Waals surface area (Å²) in [4.78, 5) is 35.9. The Labute approximate surface area is 209 Å². The van der Waals surface area contributed by atoms with Crippen molar-refractivity contribution in [2.75, 3.05) is 25.7 Å². The maximum absolute atomic E-state index is 13.2. The van der Waals surface area contributed by atoms with Gasteiger partial charge in [0.1, 0.15) is 18.2 Å². The number of imidazole rings is 1. The lowest BCUT2D eigenvalue weighted by Crippen LogP contribution is -2.21. The minimum Gasteiger partial charge on any atom is -0.438 e. The molecule has 14 nitrogen and oxygen atoms in total. The van der Waals surface area contributed by atoms with Crippen molar-refractivity contribution in [3.8, 4) is 0 Å². The second kappa shape index (κ2) is 14.1. The van der Waals surface area contributed by atoms with Crippen LogP contribution < -0.4 is 5.73 Å². The minimum atomic E-state index is -4.02. The fourth-order valence-electron chi connectivity index (χ4n) is 2.98. The molecule has 0 bridgehead atoms. The van der Waals surface area contributed by atoms with Crippen molar-refractivity contribution in [1.29, 1.82) is 0 Å². The first-order valence-corrected chi connectivity index (χ1v) is 13.2. The minimum absolute atomic E-state index is 0.248. The Hall–Kier alpha value is -2.80. The topological polar surface area (TPSA) is 176 Å². The second-order valence-corrected chi connectivity index (χ2v) is 10.1. The van der Waals surface area contributed by atoms with E-state index in [0.29, 0.717) is 24.0 Å². The van der Waals surface area contributed by atoms with Crippen LogP contribution in [0.3, 0.4) is 0 Å². The molecule has 2 heterocycles. The van der Waals surface area contributed by atoms with Crippen LogP contribution in [0.4, 0.5) is 10.6 Å². The number of carbonyl (C=O) groups is 2. The molecule has 0 saturated heterocycles. The fraction of sp³-hybridized carbons (Fsp3) is 0.667. The molecule has 0 saturated carbocycles. The summed E-state index contributed by atoms with van der Waals surface area (Å²) in [7, 11) is -4.02. The summed E-state index contributed by atoms with van der Waals surface area (Å²) >= 11 is 0. The van der Waals surface area contributed by atoms with Crippen LogP contribution in [0.1, 0.15) is 47.5 Å². The van der Waals surface area contributed by atoms with Crippen molar-refractivity contribution in [3.63, 3.8) is 0 Å². The Kier molecular flexibility index (Phi) is 11.5. The van der Waals surface area contributed by atoms with Gasteiger partial charge >= 0.3 is 19.7 Å². The van der Waals surface area contributed by atoms with Crippen molar-refractivity contribution in [2.45, 2.75) is 66.2 Å². The van der Waals surface area contributed by atoms with Gasteiger partial charge in [0, 0.05) is 0 Å². The SMILES string of the molecule is CCC(CC)C(=O)OCO[P@@](=O)(CO[C@H](C)Cn1cnc2c(N)ncnc21)OCOC(=O)OC(C)C. The first-order valence-electron chi connectivity index (χ1n) is 11.5. The fourth-order valence-corrected chi connectivity index (χ4v) is 4.07. The Bertz CT molecular complexity index is 1040. The van der Waals surface area contributed by atoms with Gasteiger partial charge in [-0.15, -0.1) is 0 Å². The number of nitrogen functional groups attached to an aromatic ring is 1. The van der Waals surface area contributed by atoms with E-state index in [2.05, 4.69) is 15.0 Å². The van der Waals surface area contributed by atoms with Crippen LogP contribution in [-0.2, 0) is 43.9 Å². The predicted octanol–water partition coefficient (Wildman–Crippen LogP) is 3.45. The van der Waals surface area contributed by atoms with Crippen LogP contribution in [-0.4, -0.2) is 63.8 Å². The molecule has 0 fully saturated rings. The van der Waals surface area contributed by atoms with E-state index < -0.39 is 51.9 Å². The molecule has 0 amide bonds. The van der Waals surface area contributed by atoms with E-state index in [9.17, 15) is 14.2 Å². The Morgan fingerprint density at radius 3 is 2.36 bits per heavy atom. The van der Waals surface area contributed by atoms with Crippen LogP contribution in [0.15, 0.2) is 12.7 Å². The molecule has 0 unspecified atom stereocenters. The molecule has 0 aliphatic carbocycles. The van der Waals surface area contributed by atoms with Gasteiger partial charge in [0.25, 0.3) is 0 Å². The molecule has 0 spiro atoms. The summed E-state index contributed by atoms with van der Waals surface area (Å²) < 4.78 is 45.7. The molecular formula is C21H34N5O9P. The van der Waals surface area contributed by atoms with E-state index in [4.69, 9.17) is 33.7 Å². The number of carbonyl (C=O) groups excluding carboxylic acids is 2. The number of esters is 1. The lowest BCUT2D eigenvalue weighted by molar-refractivity contribution is -0.156. The number of nitrogens with zero attached hydrogens (tertiary/aromatic N) is 4. The van der Waals surface area contributed by atoms with Crippen LogP contribution in [0.5, 0.6) is 0 Å². The molecule has 36 heavy (non-hydrogen) atoms. The Morgan fingerprint density at radius 2 is 1.72 bits per heavy atom. The van der Waals surface area contributed by atoms with E-state index in [1.165, 1.54) is 12.7 Å². The van der Waals surface area contributed by atoms with Gasteiger partial charge in [0.15, 0.2) is 11.5 Å². The summed E-state index contributed by atoms with van der Waals surface area (Å²) in [5.41, 5.74) is 6.77. The molecule has 2 rings (SSSR count). The number of anilines is 1. The highest BCUT2D eigenvalue weighted by molar-refractivity contribution is 7.53. The normalized spacial score (nSPS) is 14.1. The quantitative estimate of drug-likeness (QED) is 0.201. The lowest BCUT2D eigenvalue weighted by Gasteiger charge is -2.21. The third-order valence-electron chi connectivity index (χ3n) is 4.93. The van der Waals surface area contributed by atoms with Gasteiger partial charge in [-0.2, -0.15) is 0 Å². The van der Waals surface area contributed by atoms with Crippen molar-refractivity contribution in [3.05, 3.63) is 12.7 Å². The number of nitrogens with two attached hydrogens (primary N) is 1. The number of rotatable bonds is 15. The maximum Gasteiger partial charge on any atom is 0.510 e. The first-order chi connectivity index (χ1) is 17.1.